The van der Waals surface area contributed by atoms with Crippen LogP contribution in [0.5, 0.6) is 0 Å². The number of alkyl halides is 1. The maximum atomic E-state index is 7.73. The van der Waals surface area contributed by atoms with Gasteiger partial charge >= 0.3 is 0 Å². The zero-order chi connectivity index (χ0) is 13.2. The van der Waals surface area contributed by atoms with E-state index in [2.05, 4.69) is 35.3 Å². The van der Waals surface area contributed by atoms with Gasteiger partial charge in [-0.1, -0.05) is 5.11 Å². The molecule has 1 heterocycles. The van der Waals surface area contributed by atoms with Crippen LogP contribution >= 0.6 is 36.9 Å². The molecule has 0 unspecified atom stereocenters. The third-order valence-electron chi connectivity index (χ3n) is 1.60. The summed E-state index contributed by atoms with van der Waals surface area (Å²) in [6.45, 7) is 2.57. The highest BCUT2D eigenvalue weighted by molar-refractivity contribution is 7.80. The second kappa shape index (κ2) is 21.5. The van der Waals surface area contributed by atoms with E-state index in [0.717, 1.165) is 43.4 Å². The van der Waals surface area contributed by atoms with Crippen molar-refractivity contribution in [2.45, 2.75) is 25.7 Å². The zero-order valence-electron chi connectivity index (χ0n) is 10.1. The Morgan fingerprint density at radius 1 is 1.18 bits per heavy atom. The molecular weight excluding hydrogens is 278 g/mol. The molecule has 0 radical (unpaired) electrons. The van der Waals surface area contributed by atoms with Gasteiger partial charge in [0.1, 0.15) is 0 Å². The molecule has 0 saturated carbocycles. The molecule has 1 fully saturated rings. The number of azide groups is 1. The molecule has 0 amide bonds. The lowest BCUT2D eigenvalue weighted by molar-refractivity contribution is 0.198. The van der Waals surface area contributed by atoms with Crippen LogP contribution in [-0.4, -0.2) is 37.1 Å². The minimum atomic E-state index is 0.569. The van der Waals surface area contributed by atoms with Crippen LogP contribution in [-0.2, 0) is 4.74 Å². The van der Waals surface area contributed by atoms with Crippen molar-refractivity contribution in [2.24, 2.45) is 5.11 Å². The van der Waals surface area contributed by atoms with Gasteiger partial charge in [0.2, 0.25) is 0 Å². The molecular formula is C10H22ClN3OS2. The molecule has 0 aromatic rings. The molecule has 1 rings (SSSR count). The highest BCUT2D eigenvalue weighted by Gasteiger charge is 1.94. The molecule has 0 atom stereocenters. The van der Waals surface area contributed by atoms with Gasteiger partial charge in [0.05, 0.1) is 0 Å². The van der Waals surface area contributed by atoms with Crippen LogP contribution in [0.25, 0.3) is 10.4 Å². The largest absolute Gasteiger partial charge is 0.381 e. The van der Waals surface area contributed by atoms with Gasteiger partial charge in [-0.25, -0.2) is 0 Å². The molecule has 1 aliphatic heterocycles. The predicted octanol–water partition coefficient (Wildman–Crippen LogP) is 3.96. The Bertz CT molecular complexity index is 167. The number of hydrogen-bond acceptors (Lipinski definition) is 4. The van der Waals surface area contributed by atoms with Gasteiger partial charge in [-0.15, -0.1) is 11.6 Å². The average molecular weight is 300 g/mol. The van der Waals surface area contributed by atoms with E-state index in [1.807, 2.05) is 0 Å². The monoisotopic (exact) mass is 299 g/mol. The van der Waals surface area contributed by atoms with E-state index in [9.17, 15) is 0 Å². The molecule has 0 aliphatic carbocycles. The summed E-state index contributed by atoms with van der Waals surface area (Å²) >= 11 is 13.1. The van der Waals surface area contributed by atoms with Crippen LogP contribution in [0.1, 0.15) is 25.7 Å². The van der Waals surface area contributed by atoms with Crippen LogP contribution in [0.15, 0.2) is 5.11 Å². The number of ether oxygens (including phenoxy) is 1. The topological polar surface area (TPSA) is 58.0 Å². The van der Waals surface area contributed by atoms with E-state index < -0.39 is 0 Å². The van der Waals surface area contributed by atoms with Crippen LogP contribution < -0.4 is 0 Å². The van der Waals surface area contributed by atoms with Crippen LogP contribution in [0.3, 0.4) is 0 Å². The third-order valence-corrected chi connectivity index (χ3v) is 2.50. The summed E-state index contributed by atoms with van der Waals surface area (Å²) < 4.78 is 4.94. The van der Waals surface area contributed by atoms with Gasteiger partial charge in [-0.2, -0.15) is 25.3 Å². The Morgan fingerprint density at radius 2 is 1.76 bits per heavy atom. The lowest BCUT2D eigenvalue weighted by atomic mass is 10.4. The van der Waals surface area contributed by atoms with E-state index in [-0.39, 0.29) is 0 Å². The normalized spacial score (nSPS) is 12.6. The quantitative estimate of drug-likeness (QED) is 0.198. The van der Waals surface area contributed by atoms with E-state index in [4.69, 9.17) is 21.9 Å². The first-order chi connectivity index (χ1) is 8.33. The summed E-state index contributed by atoms with van der Waals surface area (Å²) in [6.07, 6.45) is 4.44. The van der Waals surface area contributed by atoms with E-state index in [0.29, 0.717) is 6.54 Å². The van der Waals surface area contributed by atoms with Crippen molar-refractivity contribution in [2.75, 3.05) is 37.1 Å². The zero-order valence-corrected chi connectivity index (χ0v) is 12.6. The number of nitrogens with zero attached hydrogens (tertiary/aromatic N) is 3. The molecule has 0 aromatic heterocycles. The number of thiol groups is 2. The summed E-state index contributed by atoms with van der Waals surface area (Å²) in [5.41, 5.74) is 7.73. The Labute approximate surface area is 120 Å². The van der Waals surface area contributed by atoms with Crippen molar-refractivity contribution >= 4 is 36.9 Å². The van der Waals surface area contributed by atoms with Crippen molar-refractivity contribution in [3.8, 4) is 0 Å². The molecule has 0 aromatic carbocycles. The number of halogens is 1. The van der Waals surface area contributed by atoms with E-state index in [1.54, 1.807) is 0 Å². The highest BCUT2D eigenvalue weighted by atomic mass is 35.5. The number of hydrogen-bond donors (Lipinski definition) is 2. The molecule has 0 N–H and O–H groups in total. The van der Waals surface area contributed by atoms with Gasteiger partial charge in [-0.05, 0) is 42.7 Å². The van der Waals surface area contributed by atoms with Crippen molar-refractivity contribution in [1.82, 2.24) is 0 Å². The minimum absolute atomic E-state index is 0.569. The molecule has 102 valence electrons. The van der Waals surface area contributed by atoms with Gasteiger partial charge in [0.25, 0.3) is 0 Å². The summed E-state index contributed by atoms with van der Waals surface area (Å²) in [6, 6.07) is 0. The fourth-order valence-corrected chi connectivity index (χ4v) is 1.38. The Hall–Kier alpha value is 0.260. The van der Waals surface area contributed by atoms with Crippen molar-refractivity contribution < 1.29 is 4.74 Å². The average Bonchev–Trinajstić information content (AvgIpc) is 2.90. The minimum Gasteiger partial charge on any atom is -0.381 e. The molecule has 7 heteroatoms. The van der Waals surface area contributed by atoms with Crippen LogP contribution in [0.4, 0.5) is 0 Å². The Balaban J connectivity index is 0. The standard InChI is InChI=1S/C4H8O.C3H7ClS.C3H7N3S/c1-2-4-5-3-1;4-2-1-3-5;4-6-5-2-1-3-7/h1-4H2;5H,1-3H2;7H,1-3H2. The summed E-state index contributed by atoms with van der Waals surface area (Å²) in [7, 11) is 0. The molecule has 4 nitrogen and oxygen atoms in total. The molecule has 17 heavy (non-hydrogen) atoms. The second-order valence-electron chi connectivity index (χ2n) is 3.12. The smallest absolute Gasteiger partial charge is 0.0466 e. The highest BCUT2D eigenvalue weighted by Crippen LogP contribution is 1.98. The Morgan fingerprint density at radius 3 is 2.00 bits per heavy atom. The lowest BCUT2D eigenvalue weighted by Gasteiger charge is -1.80. The van der Waals surface area contributed by atoms with Crippen molar-refractivity contribution in [3.05, 3.63) is 10.4 Å². The first-order valence-electron chi connectivity index (χ1n) is 5.69. The summed E-state index contributed by atoms with van der Waals surface area (Å²) in [5, 5.41) is 3.29. The lowest BCUT2D eigenvalue weighted by Crippen LogP contribution is -1.76. The fraction of sp³-hybridized carbons (Fsp3) is 1.00. The summed E-state index contributed by atoms with van der Waals surface area (Å²) in [5.74, 6) is 2.44. The fourth-order valence-electron chi connectivity index (χ4n) is 0.756. The maximum absolute atomic E-state index is 7.73. The SMILES string of the molecule is C1CCOC1.SCCCCl.[N-]=[N+]=NCCCS. The first-order valence-corrected chi connectivity index (χ1v) is 7.49. The van der Waals surface area contributed by atoms with Gasteiger partial charge in [0, 0.05) is 30.6 Å². The molecule has 0 bridgehead atoms. The molecule has 1 aliphatic rings. The number of rotatable bonds is 5. The summed E-state index contributed by atoms with van der Waals surface area (Å²) in [4.78, 5) is 2.56. The predicted molar refractivity (Wildman–Crippen MR) is 81.7 cm³/mol. The third kappa shape index (κ3) is 26.1. The van der Waals surface area contributed by atoms with Gasteiger partial charge in [-0.3, -0.25) is 0 Å². The van der Waals surface area contributed by atoms with Crippen molar-refractivity contribution in [3.63, 3.8) is 0 Å². The first kappa shape index (κ1) is 19.6. The van der Waals surface area contributed by atoms with Crippen LogP contribution in [0, 0.1) is 0 Å². The van der Waals surface area contributed by atoms with Crippen molar-refractivity contribution in [1.29, 1.82) is 0 Å². The second-order valence-corrected chi connectivity index (χ2v) is 4.39. The van der Waals surface area contributed by atoms with Gasteiger partial charge < -0.3 is 4.74 Å². The molecule has 1 saturated heterocycles. The molecule has 0 spiro atoms. The van der Waals surface area contributed by atoms with E-state index in [1.165, 1.54) is 12.8 Å². The maximum Gasteiger partial charge on any atom is 0.0466 e. The Kier molecular flexibility index (Phi) is 24.8. The van der Waals surface area contributed by atoms with Crippen LogP contribution in [0.2, 0.25) is 0 Å². The van der Waals surface area contributed by atoms with E-state index >= 15 is 0 Å². The van der Waals surface area contributed by atoms with Gasteiger partial charge in [0.15, 0.2) is 0 Å².